The predicted molar refractivity (Wildman–Crippen MR) is 87.7 cm³/mol. The Morgan fingerprint density at radius 2 is 2.04 bits per heavy atom. The second-order valence-electron chi connectivity index (χ2n) is 5.93. The van der Waals surface area contributed by atoms with E-state index in [4.69, 9.17) is 4.98 Å². The van der Waals surface area contributed by atoms with Crippen LogP contribution in [-0.2, 0) is 19.5 Å². The molecule has 3 heterocycles. The number of halogens is 1. The SMILES string of the molecule is CCc1ncc2c(n1)CN(c1cc(C)c3cc(F)ccc3n1)C2. The van der Waals surface area contributed by atoms with Crippen LogP contribution in [0.2, 0.25) is 0 Å². The van der Waals surface area contributed by atoms with E-state index in [2.05, 4.69) is 21.8 Å². The van der Waals surface area contributed by atoms with Crippen molar-refractivity contribution in [2.75, 3.05) is 4.90 Å². The highest BCUT2D eigenvalue weighted by Gasteiger charge is 2.22. The molecule has 4 nitrogen and oxygen atoms in total. The lowest BCUT2D eigenvalue weighted by Gasteiger charge is -2.17. The van der Waals surface area contributed by atoms with Gasteiger partial charge in [0.05, 0.1) is 17.8 Å². The minimum atomic E-state index is -0.230. The number of aryl methyl sites for hydroxylation is 2. The Labute approximate surface area is 134 Å². The van der Waals surface area contributed by atoms with Gasteiger partial charge >= 0.3 is 0 Å². The van der Waals surface area contributed by atoms with Crippen molar-refractivity contribution < 1.29 is 4.39 Å². The molecule has 0 saturated heterocycles. The van der Waals surface area contributed by atoms with Crippen molar-refractivity contribution in [1.82, 2.24) is 15.0 Å². The van der Waals surface area contributed by atoms with Gasteiger partial charge in [-0.15, -0.1) is 0 Å². The Morgan fingerprint density at radius 3 is 2.87 bits per heavy atom. The fourth-order valence-electron chi connectivity index (χ4n) is 3.04. The molecule has 0 aliphatic carbocycles. The summed E-state index contributed by atoms with van der Waals surface area (Å²) in [6.07, 6.45) is 2.76. The fraction of sp³-hybridized carbons (Fsp3) is 0.278. The van der Waals surface area contributed by atoms with Gasteiger partial charge in [0.15, 0.2) is 0 Å². The number of benzene rings is 1. The van der Waals surface area contributed by atoms with Gasteiger partial charge in [0.2, 0.25) is 0 Å². The number of rotatable bonds is 2. The van der Waals surface area contributed by atoms with Crippen molar-refractivity contribution in [1.29, 1.82) is 0 Å². The van der Waals surface area contributed by atoms with E-state index in [-0.39, 0.29) is 5.82 Å². The Morgan fingerprint density at radius 1 is 1.17 bits per heavy atom. The summed E-state index contributed by atoms with van der Waals surface area (Å²) >= 11 is 0. The number of pyridine rings is 1. The highest BCUT2D eigenvalue weighted by Crippen LogP contribution is 2.29. The van der Waals surface area contributed by atoms with E-state index in [0.29, 0.717) is 0 Å². The summed E-state index contributed by atoms with van der Waals surface area (Å²) in [5, 5.41) is 0.860. The van der Waals surface area contributed by atoms with Gasteiger partial charge in [0, 0.05) is 30.1 Å². The highest BCUT2D eigenvalue weighted by atomic mass is 19.1. The van der Waals surface area contributed by atoms with Crippen molar-refractivity contribution in [3.05, 3.63) is 58.9 Å². The maximum atomic E-state index is 13.4. The first-order valence-corrected chi connectivity index (χ1v) is 7.79. The van der Waals surface area contributed by atoms with Gasteiger partial charge in [0.25, 0.3) is 0 Å². The molecule has 0 saturated carbocycles. The lowest BCUT2D eigenvalue weighted by atomic mass is 10.1. The lowest BCUT2D eigenvalue weighted by Crippen LogP contribution is -2.16. The van der Waals surface area contributed by atoms with Crippen LogP contribution in [0.15, 0.2) is 30.5 Å². The lowest BCUT2D eigenvalue weighted by molar-refractivity contribution is 0.629. The quantitative estimate of drug-likeness (QED) is 0.726. The molecule has 1 aliphatic rings. The summed E-state index contributed by atoms with van der Waals surface area (Å²) in [7, 11) is 0. The second kappa shape index (κ2) is 5.26. The van der Waals surface area contributed by atoms with Crippen LogP contribution in [0.3, 0.4) is 0 Å². The van der Waals surface area contributed by atoms with E-state index in [9.17, 15) is 4.39 Å². The van der Waals surface area contributed by atoms with Crippen molar-refractivity contribution in [2.24, 2.45) is 0 Å². The number of hydrogen-bond donors (Lipinski definition) is 0. The molecule has 2 aromatic heterocycles. The summed E-state index contributed by atoms with van der Waals surface area (Å²) in [6.45, 7) is 5.55. The van der Waals surface area contributed by atoms with E-state index < -0.39 is 0 Å². The molecule has 3 aromatic rings. The Balaban J connectivity index is 1.72. The molecular formula is C18H17FN4. The molecule has 0 amide bonds. The van der Waals surface area contributed by atoms with Crippen molar-refractivity contribution in [3.8, 4) is 0 Å². The normalized spacial score (nSPS) is 13.6. The molecule has 5 heteroatoms. The van der Waals surface area contributed by atoms with Crippen LogP contribution in [0, 0.1) is 12.7 Å². The standard InChI is InChI=1S/C18H17FN4/c1-3-17-20-8-12-9-23(10-16(12)21-17)18-6-11(2)14-7-13(19)4-5-15(14)22-18/h4-8H,3,9-10H2,1-2H3. The minimum Gasteiger partial charge on any atom is -0.346 e. The van der Waals surface area contributed by atoms with Crippen LogP contribution in [0.1, 0.15) is 29.6 Å². The van der Waals surface area contributed by atoms with Crippen molar-refractivity contribution in [3.63, 3.8) is 0 Å². The predicted octanol–water partition coefficient (Wildman–Crippen LogP) is 3.55. The first-order valence-electron chi connectivity index (χ1n) is 7.79. The summed E-state index contributed by atoms with van der Waals surface area (Å²) < 4.78 is 13.4. The van der Waals surface area contributed by atoms with E-state index in [1.165, 1.54) is 6.07 Å². The highest BCUT2D eigenvalue weighted by molar-refractivity contribution is 5.84. The topological polar surface area (TPSA) is 41.9 Å². The van der Waals surface area contributed by atoms with Crippen LogP contribution in [-0.4, -0.2) is 15.0 Å². The molecule has 116 valence electrons. The maximum Gasteiger partial charge on any atom is 0.130 e. The van der Waals surface area contributed by atoms with Gasteiger partial charge in [-0.3, -0.25) is 0 Å². The molecule has 23 heavy (non-hydrogen) atoms. The van der Waals surface area contributed by atoms with Gasteiger partial charge in [-0.25, -0.2) is 19.3 Å². The zero-order chi connectivity index (χ0) is 16.0. The molecule has 0 fully saturated rings. The monoisotopic (exact) mass is 308 g/mol. The van der Waals surface area contributed by atoms with Crippen LogP contribution in [0.4, 0.5) is 10.2 Å². The third kappa shape index (κ3) is 2.42. The van der Waals surface area contributed by atoms with Crippen molar-refractivity contribution in [2.45, 2.75) is 33.4 Å². The zero-order valence-electron chi connectivity index (χ0n) is 13.2. The second-order valence-corrected chi connectivity index (χ2v) is 5.93. The number of aromatic nitrogens is 3. The number of anilines is 1. The summed E-state index contributed by atoms with van der Waals surface area (Å²) in [4.78, 5) is 15.9. The molecule has 0 atom stereocenters. The van der Waals surface area contributed by atoms with Crippen LogP contribution in [0.25, 0.3) is 10.9 Å². The largest absolute Gasteiger partial charge is 0.346 e. The fourth-order valence-corrected chi connectivity index (χ4v) is 3.04. The molecule has 0 N–H and O–H groups in total. The average Bonchev–Trinajstić information content (AvgIpc) is 2.98. The summed E-state index contributed by atoms with van der Waals surface area (Å²) in [5.41, 5.74) is 4.08. The summed E-state index contributed by atoms with van der Waals surface area (Å²) in [6, 6.07) is 6.75. The maximum absolute atomic E-state index is 13.4. The molecule has 0 radical (unpaired) electrons. The van der Waals surface area contributed by atoms with Gasteiger partial charge in [-0.2, -0.15) is 0 Å². The zero-order valence-corrected chi connectivity index (χ0v) is 13.2. The smallest absolute Gasteiger partial charge is 0.130 e. The van der Waals surface area contributed by atoms with E-state index in [1.807, 2.05) is 19.2 Å². The third-order valence-corrected chi connectivity index (χ3v) is 4.31. The van der Waals surface area contributed by atoms with Gasteiger partial charge in [-0.05, 0) is 36.8 Å². The molecule has 1 aliphatic heterocycles. The molecule has 1 aromatic carbocycles. The Bertz CT molecular complexity index is 907. The Hall–Kier alpha value is -2.56. The van der Waals surface area contributed by atoms with Crippen LogP contribution < -0.4 is 4.90 Å². The summed E-state index contributed by atoms with van der Waals surface area (Å²) in [5.74, 6) is 1.55. The first-order chi connectivity index (χ1) is 11.1. The molecule has 0 spiro atoms. The van der Waals surface area contributed by atoms with E-state index in [1.54, 1.807) is 12.1 Å². The minimum absolute atomic E-state index is 0.230. The van der Waals surface area contributed by atoms with Crippen LogP contribution >= 0.6 is 0 Å². The van der Waals surface area contributed by atoms with E-state index in [0.717, 1.165) is 58.9 Å². The molecular weight excluding hydrogens is 291 g/mol. The van der Waals surface area contributed by atoms with Gasteiger partial charge in [-0.1, -0.05) is 6.92 Å². The van der Waals surface area contributed by atoms with Gasteiger partial charge < -0.3 is 4.90 Å². The van der Waals surface area contributed by atoms with Gasteiger partial charge in [0.1, 0.15) is 17.5 Å². The number of fused-ring (bicyclic) bond motifs is 2. The van der Waals surface area contributed by atoms with Crippen LogP contribution in [0.5, 0.6) is 0 Å². The average molecular weight is 308 g/mol. The molecule has 0 unspecified atom stereocenters. The molecule has 0 bridgehead atoms. The Kier molecular flexibility index (Phi) is 3.22. The third-order valence-electron chi connectivity index (χ3n) is 4.31. The molecule has 4 rings (SSSR count). The number of nitrogens with zero attached hydrogens (tertiary/aromatic N) is 4. The number of hydrogen-bond acceptors (Lipinski definition) is 4. The van der Waals surface area contributed by atoms with Crippen molar-refractivity contribution >= 4 is 16.7 Å². The van der Waals surface area contributed by atoms with E-state index >= 15 is 0 Å². The first kappa shape index (κ1) is 14.1.